The van der Waals surface area contributed by atoms with Crippen molar-refractivity contribution in [1.29, 1.82) is 0 Å². The van der Waals surface area contributed by atoms with Gasteiger partial charge in [0.15, 0.2) is 0 Å². The Balaban J connectivity index is 1.74. The van der Waals surface area contributed by atoms with Gasteiger partial charge >= 0.3 is 0 Å². The fourth-order valence-electron chi connectivity index (χ4n) is 2.62. The Bertz CT molecular complexity index is 903. The van der Waals surface area contributed by atoms with Gasteiger partial charge in [-0.3, -0.25) is 9.10 Å². The van der Waals surface area contributed by atoms with Crippen LogP contribution in [0.5, 0.6) is 11.5 Å². The number of ether oxygens (including phenoxy) is 2. The van der Waals surface area contributed by atoms with E-state index in [4.69, 9.17) is 9.47 Å². The van der Waals surface area contributed by atoms with Crippen molar-refractivity contribution >= 4 is 44.2 Å². The molecule has 0 bridgehead atoms. The molecule has 0 aliphatic carbocycles. The van der Waals surface area contributed by atoms with Crippen molar-refractivity contribution < 1.29 is 22.7 Å². The Morgan fingerprint density at radius 1 is 1.14 bits per heavy atom. The van der Waals surface area contributed by atoms with E-state index < -0.39 is 10.0 Å². The van der Waals surface area contributed by atoms with Crippen molar-refractivity contribution in [2.24, 2.45) is 0 Å². The predicted octanol–water partition coefficient (Wildman–Crippen LogP) is 3.04. The fraction of sp³-hybridized carbons (Fsp3) is 0.350. The molecule has 1 amide bonds. The van der Waals surface area contributed by atoms with Crippen molar-refractivity contribution in [3.05, 3.63) is 52.1 Å². The number of carbonyl (C=O) groups is 1. The minimum Gasteiger partial charge on any atom is -0.497 e. The standard InChI is InChI=1S/C20H25IN2O5S/c1-27-18-5-3-6-19(15-18)28-14-12-22-20(24)7-4-13-23(29(2,25)26)17-10-8-16(21)9-11-17/h3,5-6,8-11,15H,4,7,12-14H2,1-2H3,(H,22,24). The third kappa shape index (κ3) is 8.09. The summed E-state index contributed by atoms with van der Waals surface area (Å²) in [5.74, 6) is 1.23. The molecule has 0 fully saturated rings. The number of carbonyl (C=O) groups excluding carboxylic acids is 1. The second-order valence-electron chi connectivity index (χ2n) is 6.29. The first-order valence-electron chi connectivity index (χ1n) is 9.06. The summed E-state index contributed by atoms with van der Waals surface area (Å²) >= 11 is 2.16. The van der Waals surface area contributed by atoms with E-state index in [-0.39, 0.29) is 18.9 Å². The fourth-order valence-corrected chi connectivity index (χ4v) is 3.94. The minimum absolute atomic E-state index is 0.143. The molecule has 2 aromatic rings. The van der Waals surface area contributed by atoms with Crippen LogP contribution >= 0.6 is 22.6 Å². The Hall–Kier alpha value is -2.01. The van der Waals surface area contributed by atoms with Gasteiger partial charge in [0.05, 0.1) is 25.6 Å². The molecule has 0 saturated heterocycles. The van der Waals surface area contributed by atoms with Gasteiger partial charge in [-0.2, -0.15) is 0 Å². The third-order valence-electron chi connectivity index (χ3n) is 4.01. The van der Waals surface area contributed by atoms with Gasteiger partial charge in [0, 0.05) is 22.6 Å². The van der Waals surface area contributed by atoms with Gasteiger partial charge in [-0.1, -0.05) is 6.07 Å². The van der Waals surface area contributed by atoms with Gasteiger partial charge in [-0.15, -0.1) is 0 Å². The molecule has 9 heteroatoms. The molecule has 0 atom stereocenters. The summed E-state index contributed by atoms with van der Waals surface area (Å²) in [7, 11) is -1.83. The van der Waals surface area contributed by atoms with E-state index in [0.717, 1.165) is 3.57 Å². The second-order valence-corrected chi connectivity index (χ2v) is 9.44. The molecule has 2 aromatic carbocycles. The van der Waals surface area contributed by atoms with Crippen molar-refractivity contribution in [2.45, 2.75) is 12.8 Å². The number of sulfonamides is 1. The highest BCUT2D eigenvalue weighted by molar-refractivity contribution is 14.1. The molecular weight excluding hydrogens is 507 g/mol. The lowest BCUT2D eigenvalue weighted by molar-refractivity contribution is -0.121. The van der Waals surface area contributed by atoms with Crippen LogP contribution in [0.1, 0.15) is 12.8 Å². The smallest absolute Gasteiger partial charge is 0.232 e. The molecule has 0 aromatic heterocycles. The summed E-state index contributed by atoms with van der Waals surface area (Å²) in [6.07, 6.45) is 1.82. The zero-order valence-electron chi connectivity index (χ0n) is 16.4. The lowest BCUT2D eigenvalue weighted by Gasteiger charge is -2.22. The molecule has 0 aliphatic heterocycles. The lowest BCUT2D eigenvalue weighted by Crippen LogP contribution is -2.32. The first-order valence-corrected chi connectivity index (χ1v) is 12.0. The number of benzene rings is 2. The molecular formula is C20H25IN2O5S. The third-order valence-corrected chi connectivity index (χ3v) is 5.93. The van der Waals surface area contributed by atoms with E-state index in [0.29, 0.717) is 36.8 Å². The van der Waals surface area contributed by atoms with Gasteiger partial charge in [0.2, 0.25) is 15.9 Å². The zero-order chi connectivity index (χ0) is 21.3. The average Bonchev–Trinajstić information content (AvgIpc) is 2.69. The van der Waals surface area contributed by atoms with Crippen LogP contribution in [0.3, 0.4) is 0 Å². The van der Waals surface area contributed by atoms with Gasteiger partial charge in [-0.25, -0.2) is 8.42 Å². The number of hydrogen-bond acceptors (Lipinski definition) is 5. The summed E-state index contributed by atoms with van der Waals surface area (Å²) in [6, 6.07) is 14.5. The van der Waals surface area contributed by atoms with Crippen molar-refractivity contribution in [3.8, 4) is 11.5 Å². The van der Waals surface area contributed by atoms with Crippen molar-refractivity contribution in [1.82, 2.24) is 5.32 Å². The Morgan fingerprint density at radius 2 is 1.83 bits per heavy atom. The average molecular weight is 532 g/mol. The second kappa shape index (κ2) is 11.2. The monoisotopic (exact) mass is 532 g/mol. The SMILES string of the molecule is COc1cccc(OCCNC(=O)CCCN(c2ccc(I)cc2)S(C)(=O)=O)c1. The first kappa shape index (κ1) is 23.3. The molecule has 0 heterocycles. The quantitative estimate of drug-likeness (QED) is 0.356. The van der Waals surface area contributed by atoms with Gasteiger partial charge in [0.1, 0.15) is 18.1 Å². The normalized spacial score (nSPS) is 11.0. The molecule has 7 nitrogen and oxygen atoms in total. The Kier molecular flexibility index (Phi) is 9.02. The highest BCUT2D eigenvalue weighted by Gasteiger charge is 2.17. The molecule has 0 saturated carbocycles. The number of rotatable bonds is 11. The molecule has 2 rings (SSSR count). The summed E-state index contributed by atoms with van der Waals surface area (Å²) < 4.78 is 37.2. The maximum atomic E-state index is 12.1. The van der Waals surface area contributed by atoms with Crippen LogP contribution in [0.4, 0.5) is 5.69 Å². The number of methoxy groups -OCH3 is 1. The number of hydrogen-bond donors (Lipinski definition) is 1. The Labute approximate surface area is 185 Å². The van der Waals surface area contributed by atoms with Gasteiger partial charge in [0.25, 0.3) is 0 Å². The van der Waals surface area contributed by atoms with Crippen LogP contribution in [-0.4, -0.2) is 47.4 Å². The van der Waals surface area contributed by atoms with E-state index in [1.54, 1.807) is 25.3 Å². The molecule has 0 aliphatic rings. The van der Waals surface area contributed by atoms with E-state index in [1.807, 2.05) is 30.3 Å². The van der Waals surface area contributed by atoms with E-state index in [2.05, 4.69) is 27.9 Å². The molecule has 29 heavy (non-hydrogen) atoms. The summed E-state index contributed by atoms with van der Waals surface area (Å²) in [6.45, 7) is 0.938. The molecule has 0 radical (unpaired) electrons. The number of nitrogens with one attached hydrogen (secondary N) is 1. The first-order chi connectivity index (χ1) is 13.8. The van der Waals surface area contributed by atoms with Gasteiger partial charge < -0.3 is 14.8 Å². The largest absolute Gasteiger partial charge is 0.497 e. The summed E-state index contributed by atoms with van der Waals surface area (Å²) in [5, 5.41) is 2.78. The highest BCUT2D eigenvalue weighted by Crippen LogP contribution is 2.20. The summed E-state index contributed by atoms with van der Waals surface area (Å²) in [4.78, 5) is 12.0. The van der Waals surface area contributed by atoms with Crippen LogP contribution in [0, 0.1) is 3.57 Å². The van der Waals surface area contributed by atoms with E-state index in [9.17, 15) is 13.2 Å². The number of halogens is 1. The van der Waals surface area contributed by atoms with Crippen LogP contribution < -0.4 is 19.1 Å². The van der Waals surface area contributed by atoms with Gasteiger partial charge in [-0.05, 0) is 65.4 Å². The Morgan fingerprint density at radius 3 is 2.48 bits per heavy atom. The highest BCUT2D eigenvalue weighted by atomic mass is 127. The number of anilines is 1. The minimum atomic E-state index is -3.42. The zero-order valence-corrected chi connectivity index (χ0v) is 19.4. The number of nitrogens with zero attached hydrogens (tertiary/aromatic N) is 1. The summed E-state index contributed by atoms with van der Waals surface area (Å²) in [5.41, 5.74) is 0.597. The van der Waals surface area contributed by atoms with Crippen LogP contribution in [0.15, 0.2) is 48.5 Å². The predicted molar refractivity (Wildman–Crippen MR) is 122 cm³/mol. The van der Waals surface area contributed by atoms with E-state index >= 15 is 0 Å². The van der Waals surface area contributed by atoms with Crippen molar-refractivity contribution in [2.75, 3.05) is 37.4 Å². The molecule has 158 valence electrons. The number of amides is 1. The topological polar surface area (TPSA) is 84.9 Å². The maximum absolute atomic E-state index is 12.1. The molecule has 0 spiro atoms. The van der Waals surface area contributed by atoms with Crippen LogP contribution in [-0.2, 0) is 14.8 Å². The van der Waals surface area contributed by atoms with Crippen LogP contribution in [0.25, 0.3) is 0 Å². The maximum Gasteiger partial charge on any atom is 0.232 e. The molecule has 0 unspecified atom stereocenters. The molecule has 1 N–H and O–H groups in total. The van der Waals surface area contributed by atoms with E-state index in [1.165, 1.54) is 10.6 Å². The van der Waals surface area contributed by atoms with Crippen LogP contribution in [0.2, 0.25) is 0 Å². The van der Waals surface area contributed by atoms with Crippen molar-refractivity contribution in [3.63, 3.8) is 0 Å². The lowest BCUT2D eigenvalue weighted by atomic mass is 10.2.